The molecule has 0 amide bonds. The van der Waals surface area contributed by atoms with E-state index in [0.29, 0.717) is 12.1 Å². The number of hydrogen-bond acceptors (Lipinski definition) is 3. The summed E-state index contributed by atoms with van der Waals surface area (Å²) in [4.78, 5) is 0. The van der Waals surface area contributed by atoms with Crippen molar-refractivity contribution in [3.05, 3.63) is 16.8 Å². The van der Waals surface area contributed by atoms with Crippen molar-refractivity contribution >= 4 is 17.0 Å². The predicted molar refractivity (Wildman–Crippen MR) is 51.8 cm³/mol. The Morgan fingerprint density at radius 1 is 1.58 bits per heavy atom. The molecule has 3 heteroatoms. The molecular formula is C9H13NOS. The highest BCUT2D eigenvalue weighted by Gasteiger charge is 2.28. The number of nitrogens with one attached hydrogen (secondary N) is 1. The van der Waals surface area contributed by atoms with Crippen LogP contribution in [0.15, 0.2) is 16.8 Å². The molecule has 66 valence electrons. The fraction of sp³-hybridized carbons (Fsp3) is 0.556. The highest BCUT2D eigenvalue weighted by molar-refractivity contribution is 7.08. The molecule has 0 unspecified atom stereocenters. The van der Waals surface area contributed by atoms with E-state index in [2.05, 4.69) is 22.1 Å². The van der Waals surface area contributed by atoms with Gasteiger partial charge in [-0.1, -0.05) is 0 Å². The van der Waals surface area contributed by atoms with Gasteiger partial charge in [0, 0.05) is 24.2 Å². The van der Waals surface area contributed by atoms with Crippen molar-refractivity contribution in [3.63, 3.8) is 0 Å². The van der Waals surface area contributed by atoms with E-state index in [1.807, 2.05) is 0 Å². The van der Waals surface area contributed by atoms with E-state index in [-0.39, 0.29) is 0 Å². The van der Waals surface area contributed by atoms with Gasteiger partial charge in [0.2, 0.25) is 0 Å². The smallest absolute Gasteiger partial charge is 0.0610 e. The van der Waals surface area contributed by atoms with E-state index < -0.39 is 0 Å². The Kier molecular flexibility index (Phi) is 2.33. The minimum absolute atomic E-state index is 0.487. The molecule has 1 aliphatic rings. The molecule has 1 N–H and O–H groups in total. The third-order valence-corrected chi connectivity index (χ3v) is 3.00. The Morgan fingerprint density at radius 3 is 3.00 bits per heavy atom. The lowest BCUT2D eigenvalue weighted by Crippen LogP contribution is -2.40. The van der Waals surface area contributed by atoms with Crippen molar-refractivity contribution in [1.82, 2.24) is 0 Å². The van der Waals surface area contributed by atoms with Gasteiger partial charge in [-0.2, -0.15) is 11.3 Å². The maximum atomic E-state index is 5.20. The topological polar surface area (TPSA) is 21.3 Å². The van der Waals surface area contributed by atoms with Crippen LogP contribution in [0.1, 0.15) is 12.8 Å². The molecule has 1 aromatic heterocycles. The molecule has 0 aliphatic heterocycles. The molecule has 0 saturated heterocycles. The molecule has 12 heavy (non-hydrogen) atoms. The number of ether oxygens (including phenoxy) is 1. The van der Waals surface area contributed by atoms with Gasteiger partial charge in [0.1, 0.15) is 0 Å². The zero-order valence-corrected chi connectivity index (χ0v) is 7.93. The van der Waals surface area contributed by atoms with Crippen molar-refractivity contribution in [2.45, 2.75) is 25.0 Å². The molecule has 0 atom stereocenters. The highest BCUT2D eigenvalue weighted by atomic mass is 32.1. The minimum Gasteiger partial charge on any atom is -0.381 e. The monoisotopic (exact) mass is 183 g/mol. The maximum absolute atomic E-state index is 5.20. The summed E-state index contributed by atoms with van der Waals surface area (Å²) in [5.41, 5.74) is 1.25. The van der Waals surface area contributed by atoms with E-state index >= 15 is 0 Å². The van der Waals surface area contributed by atoms with Crippen LogP contribution < -0.4 is 5.32 Å². The number of anilines is 1. The van der Waals surface area contributed by atoms with Gasteiger partial charge in [-0.15, -0.1) is 0 Å². The molecule has 1 saturated carbocycles. The first-order chi connectivity index (χ1) is 5.88. The Bertz CT molecular complexity index is 229. The van der Waals surface area contributed by atoms with Crippen LogP contribution in [0.5, 0.6) is 0 Å². The van der Waals surface area contributed by atoms with Crippen LogP contribution in [0.25, 0.3) is 0 Å². The lowest BCUT2D eigenvalue weighted by molar-refractivity contribution is 0.0329. The maximum Gasteiger partial charge on any atom is 0.0610 e. The summed E-state index contributed by atoms with van der Waals surface area (Å²) >= 11 is 1.73. The summed E-state index contributed by atoms with van der Waals surface area (Å²) in [5.74, 6) is 0. The summed E-state index contributed by atoms with van der Waals surface area (Å²) in [7, 11) is 1.78. The van der Waals surface area contributed by atoms with Gasteiger partial charge in [0.15, 0.2) is 0 Å². The largest absolute Gasteiger partial charge is 0.381 e. The quantitative estimate of drug-likeness (QED) is 0.776. The fourth-order valence-electron chi connectivity index (χ4n) is 1.46. The van der Waals surface area contributed by atoms with Crippen LogP contribution in [0.2, 0.25) is 0 Å². The van der Waals surface area contributed by atoms with Crippen LogP contribution in [-0.2, 0) is 4.74 Å². The van der Waals surface area contributed by atoms with E-state index in [1.54, 1.807) is 18.4 Å². The molecule has 2 nitrogen and oxygen atoms in total. The summed E-state index contributed by atoms with van der Waals surface area (Å²) in [5, 5.41) is 7.68. The predicted octanol–water partition coefficient (Wildman–Crippen LogP) is 2.34. The molecular weight excluding hydrogens is 170 g/mol. The van der Waals surface area contributed by atoms with E-state index in [0.717, 1.165) is 12.8 Å². The summed E-state index contributed by atoms with van der Waals surface area (Å²) < 4.78 is 5.20. The summed E-state index contributed by atoms with van der Waals surface area (Å²) in [6.45, 7) is 0. The first kappa shape index (κ1) is 8.08. The zero-order chi connectivity index (χ0) is 8.39. The molecule has 1 aliphatic carbocycles. The first-order valence-corrected chi connectivity index (χ1v) is 5.14. The molecule has 1 aromatic rings. The van der Waals surface area contributed by atoms with Gasteiger partial charge >= 0.3 is 0 Å². The fourth-order valence-corrected chi connectivity index (χ4v) is 2.06. The highest BCUT2D eigenvalue weighted by Crippen LogP contribution is 2.26. The summed E-state index contributed by atoms with van der Waals surface area (Å²) in [6, 6.07) is 2.75. The first-order valence-electron chi connectivity index (χ1n) is 4.20. The Balaban J connectivity index is 1.77. The second-order valence-electron chi connectivity index (χ2n) is 3.18. The van der Waals surface area contributed by atoms with Gasteiger partial charge in [0.25, 0.3) is 0 Å². The van der Waals surface area contributed by atoms with Crippen molar-refractivity contribution < 1.29 is 4.74 Å². The number of methoxy groups -OCH3 is 1. The van der Waals surface area contributed by atoms with Gasteiger partial charge in [-0.25, -0.2) is 0 Å². The van der Waals surface area contributed by atoms with Gasteiger partial charge in [-0.05, 0) is 24.3 Å². The molecule has 2 rings (SSSR count). The molecule has 1 fully saturated rings. The lowest BCUT2D eigenvalue weighted by Gasteiger charge is -2.34. The second kappa shape index (κ2) is 3.46. The molecule has 0 radical (unpaired) electrons. The minimum atomic E-state index is 0.487. The second-order valence-corrected chi connectivity index (χ2v) is 3.96. The third kappa shape index (κ3) is 1.62. The van der Waals surface area contributed by atoms with Gasteiger partial charge in [0.05, 0.1) is 6.10 Å². The van der Waals surface area contributed by atoms with Crippen molar-refractivity contribution in [2.24, 2.45) is 0 Å². The van der Waals surface area contributed by atoms with E-state index in [1.165, 1.54) is 5.69 Å². The van der Waals surface area contributed by atoms with Crippen molar-refractivity contribution in [2.75, 3.05) is 12.4 Å². The third-order valence-electron chi connectivity index (χ3n) is 2.32. The Morgan fingerprint density at radius 2 is 2.42 bits per heavy atom. The Hall–Kier alpha value is -0.540. The van der Waals surface area contributed by atoms with E-state index in [4.69, 9.17) is 4.74 Å². The average Bonchev–Trinajstić information content (AvgIpc) is 2.47. The number of thiophene rings is 1. The van der Waals surface area contributed by atoms with Crippen LogP contribution in [-0.4, -0.2) is 19.3 Å². The summed E-state index contributed by atoms with van der Waals surface area (Å²) in [6.07, 6.45) is 2.78. The molecule has 1 heterocycles. The Labute approximate surface area is 76.6 Å². The molecule has 0 spiro atoms. The van der Waals surface area contributed by atoms with Gasteiger partial charge in [-0.3, -0.25) is 0 Å². The normalized spacial score (nSPS) is 28.1. The zero-order valence-electron chi connectivity index (χ0n) is 7.12. The average molecular weight is 183 g/mol. The number of rotatable bonds is 3. The molecule has 0 aromatic carbocycles. The van der Waals surface area contributed by atoms with Crippen molar-refractivity contribution in [3.8, 4) is 0 Å². The van der Waals surface area contributed by atoms with Crippen LogP contribution in [0.4, 0.5) is 5.69 Å². The number of hydrogen-bond donors (Lipinski definition) is 1. The van der Waals surface area contributed by atoms with Crippen LogP contribution in [0.3, 0.4) is 0 Å². The van der Waals surface area contributed by atoms with Crippen LogP contribution in [0, 0.1) is 0 Å². The van der Waals surface area contributed by atoms with Crippen LogP contribution >= 0.6 is 11.3 Å². The SMILES string of the molecule is COC1CC(Nc2ccsc2)C1. The molecule has 0 bridgehead atoms. The van der Waals surface area contributed by atoms with Crippen molar-refractivity contribution in [1.29, 1.82) is 0 Å². The lowest BCUT2D eigenvalue weighted by atomic mass is 9.89. The standard InChI is InChI=1S/C9H13NOS/c1-11-9-4-8(5-9)10-7-2-3-12-6-7/h2-3,6,8-10H,4-5H2,1H3. The van der Waals surface area contributed by atoms with E-state index in [9.17, 15) is 0 Å². The van der Waals surface area contributed by atoms with Gasteiger partial charge < -0.3 is 10.1 Å².